The molecule has 3 amide bonds. The normalized spacial score (nSPS) is 13.3. The highest BCUT2D eigenvalue weighted by atomic mass is 19.1. The van der Waals surface area contributed by atoms with Crippen LogP contribution in [-0.4, -0.2) is 95.8 Å². The Morgan fingerprint density at radius 1 is 0.527 bits per heavy atom. The van der Waals surface area contributed by atoms with Crippen LogP contribution in [0.4, 0.5) is 21.5 Å². The van der Waals surface area contributed by atoms with E-state index in [9.17, 15) is 23.6 Å². The van der Waals surface area contributed by atoms with E-state index in [2.05, 4.69) is 41.9 Å². The number of para-hydroxylation sites is 3. The smallest absolute Gasteiger partial charge is 0.295 e. The Kier molecular flexibility index (Phi) is 19.3. The van der Waals surface area contributed by atoms with Crippen LogP contribution in [0.2, 0.25) is 0 Å². The molecule has 0 fully saturated rings. The first-order chi connectivity index (χ1) is 44.5. The molecule has 11 aromatic rings. The highest BCUT2D eigenvalue weighted by molar-refractivity contribution is 6.06. The summed E-state index contributed by atoms with van der Waals surface area (Å²) >= 11 is 0. The number of aromatic nitrogens is 12. The molecule has 7 aromatic heterocycles. The molecule has 14 rings (SSSR count). The van der Waals surface area contributed by atoms with Crippen LogP contribution in [0.1, 0.15) is 61.4 Å². The molecule has 0 saturated heterocycles. The number of benzene rings is 4. The molecule has 0 unspecified atom stereocenters. The van der Waals surface area contributed by atoms with Crippen molar-refractivity contribution in [2.45, 2.75) is 53.0 Å². The summed E-state index contributed by atoms with van der Waals surface area (Å²) in [6.07, 6.45) is 13.6. The maximum absolute atomic E-state index is 13.0. The quantitative estimate of drug-likeness (QED) is 0.0648. The maximum atomic E-state index is 13.0. The average Bonchev–Trinajstić information content (AvgIpc) is 1.87. The van der Waals surface area contributed by atoms with Crippen molar-refractivity contribution in [2.75, 3.05) is 34.3 Å². The van der Waals surface area contributed by atoms with E-state index >= 15 is 0 Å². The van der Waals surface area contributed by atoms with E-state index in [0.29, 0.717) is 93.3 Å². The summed E-state index contributed by atoms with van der Waals surface area (Å²) < 4.78 is 43.7. The van der Waals surface area contributed by atoms with Gasteiger partial charge in [-0.2, -0.15) is 20.4 Å². The molecule has 91 heavy (non-hydrogen) atoms. The minimum Gasteiger partial charge on any atom is -0.487 e. The van der Waals surface area contributed by atoms with Gasteiger partial charge in [0.1, 0.15) is 89.2 Å². The number of carbonyl (C=O) groups excluding carboxylic acids is 3. The fourth-order valence-corrected chi connectivity index (χ4v) is 9.84. The van der Waals surface area contributed by atoms with Gasteiger partial charge in [0.25, 0.3) is 23.3 Å². The molecule has 10 heterocycles. The molecule has 3 aliphatic heterocycles. The number of fused-ring (bicyclic) bond motifs is 4. The number of pyridine rings is 2. The van der Waals surface area contributed by atoms with Crippen LogP contribution in [0.15, 0.2) is 224 Å². The van der Waals surface area contributed by atoms with E-state index in [4.69, 9.17) is 18.9 Å². The third-order valence-electron chi connectivity index (χ3n) is 14.4. The third kappa shape index (κ3) is 15.0. The van der Waals surface area contributed by atoms with Gasteiger partial charge >= 0.3 is 0 Å². The van der Waals surface area contributed by atoms with E-state index in [-0.39, 0.29) is 41.5 Å². The van der Waals surface area contributed by atoms with Crippen LogP contribution in [0.25, 0.3) is 5.52 Å². The summed E-state index contributed by atoms with van der Waals surface area (Å²) in [5.41, 5.74) is 6.16. The predicted molar refractivity (Wildman–Crippen MR) is 336 cm³/mol. The molecule has 0 bridgehead atoms. The molecule has 3 aliphatic rings. The average molecular weight is 1220 g/mol. The first-order valence-corrected chi connectivity index (χ1v) is 29.1. The minimum absolute atomic E-state index is 0.0501. The zero-order valence-electron chi connectivity index (χ0n) is 49.8. The number of amides is 3. The Balaban J connectivity index is 0.000000125. The number of aryl methyl sites for hydroxylation is 1. The lowest BCUT2D eigenvalue weighted by atomic mass is 10.2. The molecule has 23 nitrogen and oxygen atoms in total. The second-order valence-corrected chi connectivity index (χ2v) is 20.5. The van der Waals surface area contributed by atoms with Gasteiger partial charge in [0.2, 0.25) is 5.82 Å². The summed E-state index contributed by atoms with van der Waals surface area (Å²) in [7, 11) is 1.72. The fraction of sp³-hybridized carbons (Fsp3) is 0.179. The van der Waals surface area contributed by atoms with Crippen LogP contribution >= 0.6 is 0 Å². The lowest BCUT2D eigenvalue weighted by molar-refractivity contribution is 0.0950. The molecule has 24 heteroatoms. The molecule has 0 saturated carbocycles. The summed E-state index contributed by atoms with van der Waals surface area (Å²) in [5, 5.41) is 17.6. The monoisotopic (exact) mass is 1220 g/mol. The zero-order chi connectivity index (χ0) is 63.1. The van der Waals surface area contributed by atoms with Crippen LogP contribution in [0, 0.1) is 5.82 Å². The van der Waals surface area contributed by atoms with Gasteiger partial charge in [-0.1, -0.05) is 61.2 Å². The van der Waals surface area contributed by atoms with Crippen molar-refractivity contribution in [2.24, 2.45) is 7.05 Å². The lowest BCUT2D eigenvalue weighted by Gasteiger charge is -2.27. The summed E-state index contributed by atoms with van der Waals surface area (Å²) in [6.45, 7) is 10.1. The van der Waals surface area contributed by atoms with E-state index in [0.717, 1.165) is 45.7 Å². The topological polar surface area (TPSA) is 229 Å². The number of allylic oxidation sites excluding steroid dienone is 2. The highest BCUT2D eigenvalue weighted by Gasteiger charge is 2.31. The van der Waals surface area contributed by atoms with Crippen molar-refractivity contribution < 1.29 is 37.7 Å². The van der Waals surface area contributed by atoms with Gasteiger partial charge in [0.15, 0.2) is 5.82 Å². The maximum Gasteiger partial charge on any atom is 0.295 e. The molecule has 0 aliphatic carbocycles. The minimum atomic E-state index is -0.340. The zero-order valence-corrected chi connectivity index (χ0v) is 49.8. The largest absolute Gasteiger partial charge is 0.487 e. The first-order valence-electron chi connectivity index (χ1n) is 29.1. The Labute approximate surface area is 521 Å². The SMILES string of the molecule is C=C/C(=C\C)OCc1nc2n(n1)CCN(c1ccc(F)cc1)C2=O.Cn1ccn2nc(COc3ccccc3)cc2c1=O.O=C1c2cc(COc3ccccc3)nn2CCN1c1cccnc1.O=C1c2cc(COc3ccccc3)nn2CCN1c1ccncc1. The molecule has 0 radical (unpaired) electrons. The van der Waals surface area contributed by atoms with Gasteiger partial charge in [-0.05, 0) is 122 Å². The second kappa shape index (κ2) is 28.8. The number of hydrogen-bond acceptors (Lipinski definition) is 15. The number of hydrogen-bond donors (Lipinski definition) is 0. The fourth-order valence-electron chi connectivity index (χ4n) is 9.84. The van der Waals surface area contributed by atoms with Crippen molar-refractivity contribution in [3.8, 4) is 17.2 Å². The van der Waals surface area contributed by atoms with Crippen molar-refractivity contribution in [3.05, 3.63) is 276 Å². The number of carbonyl (C=O) groups is 3. The molecule has 0 spiro atoms. The molecule has 0 N–H and O–H groups in total. The number of rotatable bonds is 16. The molecule has 460 valence electrons. The Morgan fingerprint density at radius 2 is 1.04 bits per heavy atom. The van der Waals surface area contributed by atoms with Crippen molar-refractivity contribution >= 4 is 40.3 Å². The van der Waals surface area contributed by atoms with Crippen LogP contribution < -0.4 is 34.5 Å². The number of nitrogens with zero attached hydrogens (tertiary/aromatic N) is 15. The number of ether oxygens (including phenoxy) is 4. The van der Waals surface area contributed by atoms with E-state index in [1.807, 2.05) is 122 Å². The lowest BCUT2D eigenvalue weighted by Crippen LogP contribution is -2.40. The Hall–Kier alpha value is -11.8. The van der Waals surface area contributed by atoms with Crippen molar-refractivity contribution in [1.29, 1.82) is 0 Å². The van der Waals surface area contributed by atoms with Crippen molar-refractivity contribution in [1.82, 2.24) is 58.5 Å². The van der Waals surface area contributed by atoms with Gasteiger partial charge in [-0.3, -0.25) is 38.5 Å². The van der Waals surface area contributed by atoms with Gasteiger partial charge in [-0.25, -0.2) is 18.6 Å². The summed E-state index contributed by atoms with van der Waals surface area (Å²) in [5.74, 6) is 2.95. The Morgan fingerprint density at radius 3 is 1.57 bits per heavy atom. The van der Waals surface area contributed by atoms with Gasteiger partial charge < -0.3 is 38.2 Å². The van der Waals surface area contributed by atoms with Crippen LogP contribution in [0.3, 0.4) is 0 Å². The van der Waals surface area contributed by atoms with Crippen LogP contribution in [0.5, 0.6) is 17.2 Å². The van der Waals surface area contributed by atoms with E-state index < -0.39 is 0 Å². The second-order valence-electron chi connectivity index (χ2n) is 20.5. The molecule has 4 aromatic carbocycles. The van der Waals surface area contributed by atoms with Crippen LogP contribution in [-0.2, 0) is 57.8 Å². The summed E-state index contributed by atoms with van der Waals surface area (Å²) in [6, 6.07) is 47.2. The van der Waals surface area contributed by atoms with E-state index in [1.165, 1.54) is 16.7 Å². The van der Waals surface area contributed by atoms with Gasteiger partial charge in [0.05, 0.1) is 31.5 Å². The third-order valence-corrected chi connectivity index (χ3v) is 14.4. The number of anilines is 3. The van der Waals surface area contributed by atoms with Crippen molar-refractivity contribution in [3.63, 3.8) is 0 Å². The van der Waals surface area contributed by atoms with Gasteiger partial charge in [0, 0.05) is 69.0 Å². The van der Waals surface area contributed by atoms with Gasteiger partial charge in [-0.15, -0.1) is 0 Å². The molecular weight excluding hydrogens is 1160 g/mol. The standard InChI is InChI=1S/2C18H16N4O2.C17H17FN4O2.C14H13N3O2/c23-18-17-11-14(13-24-16-6-2-1-3-7-16)20-22(17)10-9-21(18)15-5-4-8-19-12-15;23-18-17-12-14(13-24-16-4-2-1-3-5-16)20-22(17)11-10-21(18)15-6-8-19-9-7-15;1-3-14(4-2)24-11-15-19-16-17(23)21(9-10-22(16)20-15)13-7-5-12(18)6-8-13;1-16-7-8-17-13(14(16)18)9-11(15-17)10-19-12-5-3-2-4-6-12/h1-8,11-12H,9-10,13H2;1-9,12H,10-11,13H2;3-8H,1,9-11H2,2H3;2-9H,10H2,1H3/b;;14-4+;. The number of halogens is 1. The molecular formula is C67H62FN15O8. The highest BCUT2D eigenvalue weighted by Crippen LogP contribution is 2.25. The molecule has 0 atom stereocenters. The predicted octanol–water partition coefficient (Wildman–Crippen LogP) is 9.33. The Bertz CT molecular complexity index is 4220. The summed E-state index contributed by atoms with van der Waals surface area (Å²) in [4.78, 5) is 67.3. The first kappa shape index (κ1) is 60.9. The van der Waals surface area contributed by atoms with E-state index in [1.54, 1.807) is 120 Å².